The molecule has 0 bridgehead atoms. The molecule has 0 spiro atoms. The Morgan fingerprint density at radius 1 is 1.00 bits per heavy atom. The molecule has 6 nitrogen and oxygen atoms in total. The van der Waals surface area contributed by atoms with Crippen LogP contribution in [-0.4, -0.2) is 28.9 Å². The summed E-state index contributed by atoms with van der Waals surface area (Å²) in [6.07, 6.45) is 1.80. The van der Waals surface area contributed by atoms with Crippen molar-refractivity contribution >= 4 is 34.0 Å². The first-order valence-electron chi connectivity index (χ1n) is 10.6. The van der Waals surface area contributed by atoms with Crippen LogP contribution < -0.4 is 9.64 Å². The number of aliphatic hydroxyl groups excluding tert-OH is 1. The van der Waals surface area contributed by atoms with E-state index in [0.29, 0.717) is 17.0 Å². The van der Waals surface area contributed by atoms with Crippen molar-refractivity contribution < 1.29 is 19.4 Å². The minimum atomic E-state index is -0.787. The third-order valence-corrected chi connectivity index (χ3v) is 6.00. The number of carbonyl (C=O) groups is 2. The van der Waals surface area contributed by atoms with Gasteiger partial charge >= 0.3 is 0 Å². The predicted octanol–water partition coefficient (Wildman–Crippen LogP) is 5.11. The molecule has 1 aliphatic heterocycles. The summed E-state index contributed by atoms with van der Waals surface area (Å²) >= 11 is 0. The number of hydrogen-bond acceptors (Lipinski definition) is 4. The number of fused-ring (bicyclic) bond motifs is 1. The van der Waals surface area contributed by atoms with E-state index in [2.05, 4.69) is 4.98 Å². The number of aliphatic hydroxyl groups is 1. The largest absolute Gasteiger partial charge is 0.507 e. The molecule has 1 saturated heterocycles. The molecule has 4 aromatic rings. The van der Waals surface area contributed by atoms with Gasteiger partial charge in [0.2, 0.25) is 0 Å². The highest BCUT2D eigenvalue weighted by Gasteiger charge is 2.47. The molecule has 0 saturated carbocycles. The van der Waals surface area contributed by atoms with Gasteiger partial charge in [-0.3, -0.25) is 14.5 Å². The Bertz CT molecular complexity index is 1420. The number of ether oxygens (including phenoxy) is 1. The van der Waals surface area contributed by atoms with E-state index >= 15 is 0 Å². The summed E-state index contributed by atoms with van der Waals surface area (Å²) in [6.45, 7) is 1.93. The third-order valence-electron chi connectivity index (χ3n) is 6.00. The summed E-state index contributed by atoms with van der Waals surface area (Å²) in [6, 6.07) is 21.1. The van der Waals surface area contributed by atoms with E-state index in [-0.39, 0.29) is 11.3 Å². The number of benzene rings is 3. The average Bonchev–Trinajstić information content (AvgIpc) is 3.37. The zero-order valence-electron chi connectivity index (χ0n) is 18.2. The van der Waals surface area contributed by atoms with Gasteiger partial charge in [-0.15, -0.1) is 0 Å². The van der Waals surface area contributed by atoms with E-state index in [4.69, 9.17) is 4.74 Å². The van der Waals surface area contributed by atoms with E-state index in [9.17, 15) is 14.7 Å². The maximum absolute atomic E-state index is 13.3. The lowest BCUT2D eigenvalue weighted by Crippen LogP contribution is -2.29. The molecule has 2 heterocycles. The standard InChI is InChI=1S/C27H22N2O4/c1-16-6-5-7-18(14-16)29-24(21-15-28-22-9-4-3-8-20(21)22)23(26(31)27(29)32)25(30)17-10-12-19(33-2)13-11-17/h3-15,24,28,30H,1-2H3/b25-23+. The number of rotatable bonds is 4. The van der Waals surface area contributed by atoms with Crippen molar-refractivity contribution in [3.63, 3.8) is 0 Å². The number of amides is 1. The number of aromatic amines is 1. The number of Topliss-reactive ketones (excluding diaryl/α,β-unsaturated/α-hetero) is 1. The summed E-state index contributed by atoms with van der Waals surface area (Å²) in [5.74, 6) is -0.993. The van der Waals surface area contributed by atoms with E-state index in [0.717, 1.165) is 22.0 Å². The molecule has 5 rings (SSSR count). The van der Waals surface area contributed by atoms with Crippen molar-refractivity contribution in [3.8, 4) is 5.75 Å². The molecule has 1 aromatic heterocycles. The van der Waals surface area contributed by atoms with Crippen LogP contribution in [0.5, 0.6) is 5.75 Å². The molecule has 1 aliphatic rings. The molecule has 164 valence electrons. The maximum Gasteiger partial charge on any atom is 0.300 e. The maximum atomic E-state index is 13.3. The normalized spacial score (nSPS) is 17.6. The molecule has 1 fully saturated rings. The van der Waals surface area contributed by atoms with Gasteiger partial charge in [-0.1, -0.05) is 30.3 Å². The number of methoxy groups -OCH3 is 1. The monoisotopic (exact) mass is 438 g/mol. The lowest BCUT2D eigenvalue weighted by Gasteiger charge is -2.25. The first-order valence-corrected chi connectivity index (χ1v) is 10.6. The second-order valence-electron chi connectivity index (χ2n) is 8.03. The summed E-state index contributed by atoms with van der Waals surface area (Å²) < 4.78 is 5.20. The summed E-state index contributed by atoms with van der Waals surface area (Å²) in [5.41, 5.74) is 3.66. The van der Waals surface area contributed by atoms with Crippen molar-refractivity contribution in [2.75, 3.05) is 12.0 Å². The van der Waals surface area contributed by atoms with Crippen LogP contribution in [0.3, 0.4) is 0 Å². The van der Waals surface area contributed by atoms with Crippen molar-refractivity contribution in [2.45, 2.75) is 13.0 Å². The zero-order chi connectivity index (χ0) is 23.1. The average molecular weight is 438 g/mol. The number of carbonyl (C=O) groups excluding carboxylic acids is 2. The summed E-state index contributed by atoms with van der Waals surface area (Å²) in [7, 11) is 1.55. The molecule has 1 atom stereocenters. The zero-order valence-corrected chi connectivity index (χ0v) is 18.2. The molecule has 1 unspecified atom stereocenters. The second kappa shape index (κ2) is 7.98. The van der Waals surface area contributed by atoms with Gasteiger partial charge in [0.15, 0.2) is 0 Å². The molecule has 0 aliphatic carbocycles. The lowest BCUT2D eigenvalue weighted by atomic mass is 9.94. The number of hydrogen-bond donors (Lipinski definition) is 2. The molecule has 6 heteroatoms. The number of anilines is 1. The molecular weight excluding hydrogens is 416 g/mol. The first-order chi connectivity index (χ1) is 16.0. The summed E-state index contributed by atoms with van der Waals surface area (Å²) in [5, 5.41) is 12.1. The fourth-order valence-corrected chi connectivity index (χ4v) is 4.40. The Hall–Kier alpha value is -4.32. The molecule has 0 radical (unpaired) electrons. The van der Waals surface area contributed by atoms with Crippen LogP contribution in [-0.2, 0) is 9.59 Å². The predicted molar refractivity (Wildman–Crippen MR) is 127 cm³/mol. The SMILES string of the molecule is COc1ccc(/C(O)=C2\C(=O)C(=O)N(c3cccc(C)c3)C2c2c[nH]c3ccccc23)cc1. The van der Waals surface area contributed by atoms with Crippen molar-refractivity contribution in [1.82, 2.24) is 4.98 Å². The van der Waals surface area contributed by atoms with E-state index in [1.54, 1.807) is 43.6 Å². The van der Waals surface area contributed by atoms with Crippen LogP contribution in [0, 0.1) is 6.92 Å². The highest BCUT2D eigenvalue weighted by molar-refractivity contribution is 6.51. The van der Waals surface area contributed by atoms with E-state index in [1.165, 1.54) is 4.90 Å². The topological polar surface area (TPSA) is 82.6 Å². The summed E-state index contributed by atoms with van der Waals surface area (Å²) in [4.78, 5) is 31.3. The van der Waals surface area contributed by atoms with Crippen LogP contribution >= 0.6 is 0 Å². The number of aryl methyl sites for hydroxylation is 1. The number of para-hydroxylation sites is 1. The molecular formula is C27H22N2O4. The van der Waals surface area contributed by atoms with Crippen molar-refractivity contribution in [2.24, 2.45) is 0 Å². The molecule has 3 aromatic carbocycles. The Kier molecular flexibility index (Phi) is 4.98. The quantitative estimate of drug-likeness (QED) is 0.263. The smallest absolute Gasteiger partial charge is 0.300 e. The van der Waals surface area contributed by atoms with Crippen molar-refractivity contribution in [3.05, 3.63) is 101 Å². The Morgan fingerprint density at radius 3 is 2.48 bits per heavy atom. The van der Waals surface area contributed by atoms with Crippen LogP contribution in [0.2, 0.25) is 0 Å². The Morgan fingerprint density at radius 2 is 1.76 bits per heavy atom. The number of aromatic nitrogens is 1. The molecule has 33 heavy (non-hydrogen) atoms. The van der Waals surface area contributed by atoms with Crippen LogP contribution in [0.25, 0.3) is 16.7 Å². The highest BCUT2D eigenvalue weighted by Crippen LogP contribution is 2.44. The number of nitrogens with zero attached hydrogens (tertiary/aromatic N) is 1. The van der Waals surface area contributed by atoms with Crippen LogP contribution in [0.15, 0.2) is 84.6 Å². The molecule has 1 amide bonds. The second-order valence-corrected chi connectivity index (χ2v) is 8.03. The number of ketones is 1. The molecule has 2 N–H and O–H groups in total. The first kappa shape index (κ1) is 20.6. The van der Waals surface area contributed by atoms with Gasteiger partial charge in [-0.05, 0) is 55.0 Å². The van der Waals surface area contributed by atoms with Gasteiger partial charge in [0, 0.05) is 33.9 Å². The van der Waals surface area contributed by atoms with Crippen molar-refractivity contribution in [1.29, 1.82) is 0 Å². The minimum Gasteiger partial charge on any atom is -0.507 e. The minimum absolute atomic E-state index is 0.0522. The van der Waals surface area contributed by atoms with Gasteiger partial charge in [0.1, 0.15) is 11.5 Å². The van der Waals surface area contributed by atoms with Gasteiger partial charge in [-0.25, -0.2) is 0 Å². The van der Waals surface area contributed by atoms with E-state index < -0.39 is 17.7 Å². The lowest BCUT2D eigenvalue weighted by molar-refractivity contribution is -0.132. The number of H-pyrrole nitrogens is 1. The van der Waals surface area contributed by atoms with Crippen LogP contribution in [0.4, 0.5) is 5.69 Å². The van der Waals surface area contributed by atoms with Gasteiger partial charge in [0.05, 0.1) is 18.7 Å². The van der Waals surface area contributed by atoms with Gasteiger partial charge < -0.3 is 14.8 Å². The fraction of sp³-hybridized carbons (Fsp3) is 0.111. The highest BCUT2D eigenvalue weighted by atomic mass is 16.5. The Labute approximate surface area is 190 Å². The van der Waals surface area contributed by atoms with Crippen LogP contribution in [0.1, 0.15) is 22.7 Å². The fourth-order valence-electron chi connectivity index (χ4n) is 4.40. The van der Waals surface area contributed by atoms with E-state index in [1.807, 2.05) is 49.4 Å². The number of nitrogens with one attached hydrogen (secondary N) is 1. The third kappa shape index (κ3) is 3.36. The Balaban J connectivity index is 1.76. The van der Waals surface area contributed by atoms with Gasteiger partial charge in [0.25, 0.3) is 11.7 Å². The van der Waals surface area contributed by atoms with Gasteiger partial charge in [-0.2, -0.15) is 0 Å².